The fourth-order valence-corrected chi connectivity index (χ4v) is 2.89. The summed E-state index contributed by atoms with van der Waals surface area (Å²) in [5.74, 6) is -1.52. The number of carbonyl (C=O) groups is 2. The molecule has 0 aliphatic heterocycles. The summed E-state index contributed by atoms with van der Waals surface area (Å²) in [5, 5.41) is 15.9. The van der Waals surface area contributed by atoms with Gasteiger partial charge in [-0.25, -0.2) is 4.79 Å². The molecule has 0 radical (unpaired) electrons. The maximum Gasteiger partial charge on any atom is 0.329 e. The van der Waals surface area contributed by atoms with Gasteiger partial charge in [-0.15, -0.1) is 0 Å². The number of aliphatic carboxylic acids is 1. The number of aromatic nitrogens is 1. The van der Waals surface area contributed by atoms with Gasteiger partial charge in [0.15, 0.2) is 0 Å². The van der Waals surface area contributed by atoms with Gasteiger partial charge in [-0.3, -0.25) is 4.79 Å². The van der Waals surface area contributed by atoms with Crippen LogP contribution in [-0.2, 0) is 4.79 Å². The zero-order chi connectivity index (χ0) is 16.4. The van der Waals surface area contributed by atoms with Crippen LogP contribution in [0.5, 0.6) is 0 Å². The van der Waals surface area contributed by atoms with Crippen molar-refractivity contribution in [3.05, 3.63) is 41.7 Å². The molecule has 0 saturated heterocycles. The molecule has 1 saturated carbocycles. The van der Waals surface area contributed by atoms with E-state index in [4.69, 9.17) is 4.52 Å². The maximum absolute atomic E-state index is 12.3. The molecule has 2 N–H and O–H groups in total. The molecule has 1 amide bonds. The van der Waals surface area contributed by atoms with Crippen molar-refractivity contribution >= 4 is 11.9 Å². The van der Waals surface area contributed by atoms with Crippen molar-refractivity contribution in [3.8, 4) is 11.3 Å². The summed E-state index contributed by atoms with van der Waals surface area (Å²) in [7, 11) is 0. The molecule has 1 aliphatic rings. The Balaban J connectivity index is 1.78. The van der Waals surface area contributed by atoms with Crippen LogP contribution in [0.3, 0.4) is 0 Å². The number of benzene rings is 1. The minimum Gasteiger partial charge on any atom is -0.480 e. The van der Waals surface area contributed by atoms with Crippen molar-refractivity contribution in [2.75, 3.05) is 0 Å². The smallest absolute Gasteiger partial charge is 0.329 e. The van der Waals surface area contributed by atoms with Crippen molar-refractivity contribution in [2.24, 2.45) is 0 Å². The van der Waals surface area contributed by atoms with Crippen LogP contribution in [0.1, 0.15) is 41.8 Å². The highest BCUT2D eigenvalue weighted by atomic mass is 16.5. The van der Waals surface area contributed by atoms with Gasteiger partial charge in [0.05, 0.1) is 0 Å². The second-order valence-electron chi connectivity index (χ2n) is 5.99. The minimum atomic E-state index is -1.19. The van der Waals surface area contributed by atoms with Gasteiger partial charge in [-0.05, 0) is 19.8 Å². The summed E-state index contributed by atoms with van der Waals surface area (Å²) in [5.41, 5.74) is 1.33. The van der Waals surface area contributed by atoms with Gasteiger partial charge in [-0.2, -0.15) is 0 Å². The average Bonchev–Trinajstić information content (AvgIpc) is 3.17. The Morgan fingerprint density at radius 1 is 1.22 bits per heavy atom. The molecule has 2 aromatic rings. The number of hydrogen-bond donors (Lipinski definition) is 2. The first kappa shape index (κ1) is 15.3. The number of nitrogens with zero attached hydrogens (tertiary/aromatic N) is 1. The molecule has 3 rings (SSSR count). The summed E-state index contributed by atoms with van der Waals surface area (Å²) >= 11 is 0. The molecule has 1 aromatic carbocycles. The molecule has 23 heavy (non-hydrogen) atoms. The fourth-order valence-electron chi connectivity index (χ4n) is 2.89. The molecule has 1 aromatic heterocycles. The van der Waals surface area contributed by atoms with E-state index >= 15 is 0 Å². The van der Waals surface area contributed by atoms with Crippen molar-refractivity contribution in [2.45, 2.75) is 38.1 Å². The van der Waals surface area contributed by atoms with E-state index < -0.39 is 17.4 Å². The third-order valence-corrected chi connectivity index (χ3v) is 4.30. The Morgan fingerprint density at radius 3 is 2.48 bits per heavy atom. The quantitative estimate of drug-likeness (QED) is 0.905. The number of aryl methyl sites for hydroxylation is 1. The molecule has 6 heteroatoms. The normalized spacial score (nSPS) is 16.2. The fraction of sp³-hybridized carbons (Fsp3) is 0.353. The second-order valence-corrected chi connectivity index (χ2v) is 5.99. The zero-order valence-electron chi connectivity index (χ0n) is 12.8. The van der Waals surface area contributed by atoms with E-state index in [2.05, 4.69) is 10.5 Å². The number of amides is 1. The van der Waals surface area contributed by atoms with Gasteiger partial charge in [0.1, 0.15) is 11.2 Å². The van der Waals surface area contributed by atoms with Crippen LogP contribution in [0.25, 0.3) is 11.3 Å². The summed E-state index contributed by atoms with van der Waals surface area (Å²) in [6, 6.07) is 9.21. The van der Waals surface area contributed by atoms with E-state index in [9.17, 15) is 14.7 Å². The van der Waals surface area contributed by atoms with E-state index in [0.29, 0.717) is 18.5 Å². The Hall–Kier alpha value is -2.63. The Morgan fingerprint density at radius 2 is 1.87 bits per heavy atom. The highest BCUT2D eigenvalue weighted by Crippen LogP contribution is 2.30. The molecule has 0 spiro atoms. The SMILES string of the molecule is Cc1ccc(-c2cc(C(=O)NC3(C(=O)O)CCCC3)on2)cc1. The lowest BCUT2D eigenvalue weighted by molar-refractivity contribution is -0.144. The molecule has 120 valence electrons. The van der Waals surface area contributed by atoms with Gasteiger partial charge in [0.2, 0.25) is 5.76 Å². The Bertz CT molecular complexity index is 727. The summed E-state index contributed by atoms with van der Waals surface area (Å²) in [4.78, 5) is 23.8. The number of hydrogen-bond acceptors (Lipinski definition) is 4. The third kappa shape index (κ3) is 2.97. The largest absolute Gasteiger partial charge is 0.480 e. The maximum atomic E-state index is 12.3. The topological polar surface area (TPSA) is 92.4 Å². The molecular weight excluding hydrogens is 296 g/mol. The predicted octanol–water partition coefficient (Wildman–Crippen LogP) is 2.78. The second kappa shape index (κ2) is 5.87. The van der Waals surface area contributed by atoms with Crippen molar-refractivity contribution < 1.29 is 19.2 Å². The first-order valence-corrected chi connectivity index (χ1v) is 7.60. The van der Waals surface area contributed by atoms with E-state index in [-0.39, 0.29) is 5.76 Å². The highest BCUT2D eigenvalue weighted by Gasteiger charge is 2.43. The van der Waals surface area contributed by atoms with Crippen LogP contribution in [0.2, 0.25) is 0 Å². The van der Waals surface area contributed by atoms with E-state index in [1.54, 1.807) is 0 Å². The Kier molecular flexibility index (Phi) is 3.90. The standard InChI is InChI=1S/C17H18N2O4/c1-11-4-6-12(7-5-11)13-10-14(23-19-13)15(20)18-17(16(21)22)8-2-3-9-17/h4-7,10H,2-3,8-9H2,1H3,(H,18,20)(H,21,22). The number of nitrogens with one attached hydrogen (secondary N) is 1. The molecule has 1 heterocycles. The van der Waals surface area contributed by atoms with Gasteiger partial charge >= 0.3 is 5.97 Å². The lowest BCUT2D eigenvalue weighted by Crippen LogP contribution is -2.52. The van der Waals surface area contributed by atoms with Crippen LogP contribution in [0.4, 0.5) is 0 Å². The molecule has 0 bridgehead atoms. The summed E-state index contributed by atoms with van der Waals surface area (Å²) < 4.78 is 5.09. The number of rotatable bonds is 4. The molecule has 0 unspecified atom stereocenters. The van der Waals surface area contributed by atoms with Crippen molar-refractivity contribution in [1.29, 1.82) is 0 Å². The van der Waals surface area contributed by atoms with Gasteiger partial charge in [0, 0.05) is 11.6 Å². The van der Waals surface area contributed by atoms with Crippen LogP contribution < -0.4 is 5.32 Å². The number of carboxylic acid groups (broad SMARTS) is 1. The summed E-state index contributed by atoms with van der Waals surface area (Å²) in [6.07, 6.45) is 2.45. The van der Waals surface area contributed by atoms with Crippen molar-refractivity contribution in [1.82, 2.24) is 10.5 Å². The van der Waals surface area contributed by atoms with Gasteiger partial charge in [-0.1, -0.05) is 47.8 Å². The van der Waals surface area contributed by atoms with Crippen LogP contribution in [-0.4, -0.2) is 27.7 Å². The van der Waals surface area contributed by atoms with Gasteiger partial charge < -0.3 is 14.9 Å². The van der Waals surface area contributed by atoms with Gasteiger partial charge in [0.25, 0.3) is 5.91 Å². The highest BCUT2D eigenvalue weighted by molar-refractivity contribution is 5.96. The lowest BCUT2D eigenvalue weighted by Gasteiger charge is -2.24. The predicted molar refractivity (Wildman–Crippen MR) is 83.0 cm³/mol. The molecule has 0 atom stereocenters. The molecular formula is C17H18N2O4. The molecule has 1 aliphatic carbocycles. The Labute approximate surface area is 133 Å². The first-order chi connectivity index (χ1) is 11.0. The average molecular weight is 314 g/mol. The minimum absolute atomic E-state index is 0.0214. The van der Waals surface area contributed by atoms with E-state index in [0.717, 1.165) is 24.0 Å². The van der Waals surface area contributed by atoms with E-state index in [1.165, 1.54) is 6.07 Å². The molecule has 6 nitrogen and oxygen atoms in total. The zero-order valence-corrected chi connectivity index (χ0v) is 12.8. The number of carboxylic acids is 1. The van der Waals surface area contributed by atoms with Crippen molar-refractivity contribution in [3.63, 3.8) is 0 Å². The van der Waals surface area contributed by atoms with Crippen LogP contribution in [0.15, 0.2) is 34.9 Å². The van der Waals surface area contributed by atoms with Crippen LogP contribution in [0, 0.1) is 6.92 Å². The van der Waals surface area contributed by atoms with E-state index in [1.807, 2.05) is 31.2 Å². The van der Waals surface area contributed by atoms with Crippen LogP contribution >= 0.6 is 0 Å². The third-order valence-electron chi connectivity index (χ3n) is 4.30. The monoisotopic (exact) mass is 314 g/mol. The molecule has 1 fully saturated rings. The lowest BCUT2D eigenvalue weighted by atomic mass is 9.97. The number of carbonyl (C=O) groups excluding carboxylic acids is 1. The summed E-state index contributed by atoms with van der Waals surface area (Å²) in [6.45, 7) is 1.98. The first-order valence-electron chi connectivity index (χ1n) is 7.60.